The summed E-state index contributed by atoms with van der Waals surface area (Å²) in [5.41, 5.74) is -1.48. The van der Waals surface area contributed by atoms with Crippen molar-refractivity contribution < 1.29 is 23.1 Å². The first-order chi connectivity index (χ1) is 13.4. The number of amides is 1. The molecule has 0 spiro atoms. The number of carbonyl (C=O) groups is 1. The Kier molecular flexibility index (Phi) is 4.49. The predicted molar refractivity (Wildman–Crippen MR) is 104 cm³/mol. The molecule has 1 heterocycles. The zero-order valence-electron chi connectivity index (χ0n) is 16.8. The third-order valence-electron chi connectivity index (χ3n) is 6.50. The number of alkyl halides is 3. The van der Waals surface area contributed by atoms with Crippen LogP contribution in [0.1, 0.15) is 64.5 Å². The molecule has 1 aromatic heterocycles. The molecule has 1 amide bonds. The number of hydrogen-bond donors (Lipinski definition) is 2. The molecule has 5 nitrogen and oxygen atoms in total. The summed E-state index contributed by atoms with van der Waals surface area (Å²) in [7, 11) is 0. The van der Waals surface area contributed by atoms with Gasteiger partial charge >= 0.3 is 0 Å². The lowest BCUT2D eigenvalue weighted by Gasteiger charge is -2.47. The van der Waals surface area contributed by atoms with Crippen molar-refractivity contribution in [3.05, 3.63) is 23.8 Å². The Morgan fingerprint density at radius 1 is 1.34 bits per heavy atom. The summed E-state index contributed by atoms with van der Waals surface area (Å²) in [6.45, 7) is 4.25. The normalized spacial score (nSPS) is 26.8. The Hall–Kier alpha value is -2.09. The van der Waals surface area contributed by atoms with Crippen molar-refractivity contribution in [3.63, 3.8) is 0 Å². The fraction of sp³-hybridized carbons (Fsp3) is 0.619. The Morgan fingerprint density at radius 2 is 2.03 bits per heavy atom. The van der Waals surface area contributed by atoms with E-state index < -0.39 is 35.4 Å². The van der Waals surface area contributed by atoms with E-state index in [9.17, 15) is 23.1 Å². The molecule has 2 aliphatic carbocycles. The number of carbonyl (C=O) groups excluding carboxylic acids is 1. The molecule has 158 valence electrons. The monoisotopic (exact) mass is 409 g/mol. The van der Waals surface area contributed by atoms with E-state index in [1.807, 2.05) is 10.6 Å². The molecule has 1 aromatic carbocycles. The van der Waals surface area contributed by atoms with Crippen LogP contribution in [-0.2, 0) is 10.4 Å². The molecule has 0 radical (unpaired) electrons. The number of halogens is 3. The highest BCUT2D eigenvalue weighted by Gasteiger charge is 2.66. The minimum atomic E-state index is -3.38. The Balaban J connectivity index is 1.61. The number of hydrogen-bond acceptors (Lipinski definition) is 3. The number of nitrogens with one attached hydrogen (secondary N) is 1. The quantitative estimate of drug-likeness (QED) is 0.752. The summed E-state index contributed by atoms with van der Waals surface area (Å²) in [6.07, 6.45) is 2.02. The van der Waals surface area contributed by atoms with Crippen LogP contribution in [0.3, 0.4) is 0 Å². The molecule has 2 unspecified atom stereocenters. The van der Waals surface area contributed by atoms with Crippen molar-refractivity contribution in [2.45, 2.75) is 76.1 Å². The largest absolute Gasteiger partial charge is 0.386 e. The van der Waals surface area contributed by atoms with E-state index >= 15 is 0 Å². The summed E-state index contributed by atoms with van der Waals surface area (Å²) < 4.78 is 42.9. The van der Waals surface area contributed by atoms with Gasteiger partial charge in [0.2, 0.25) is 11.9 Å². The van der Waals surface area contributed by atoms with Crippen molar-refractivity contribution in [2.24, 2.45) is 5.92 Å². The Bertz CT molecular complexity index is 958. The minimum Gasteiger partial charge on any atom is -0.386 e. The first-order valence-electron chi connectivity index (χ1n) is 10.0. The zero-order chi connectivity index (χ0) is 21.2. The van der Waals surface area contributed by atoms with Gasteiger partial charge in [-0.2, -0.15) is 0 Å². The van der Waals surface area contributed by atoms with Gasteiger partial charge in [-0.1, -0.05) is 6.07 Å². The number of imidazole rings is 1. The molecular formula is C21H26F3N3O2. The van der Waals surface area contributed by atoms with Crippen molar-refractivity contribution in [1.29, 1.82) is 0 Å². The summed E-state index contributed by atoms with van der Waals surface area (Å²) in [4.78, 5) is 17.0. The Morgan fingerprint density at radius 3 is 2.55 bits per heavy atom. The first-order valence-corrected chi connectivity index (χ1v) is 10.0. The molecule has 4 rings (SSSR count). The van der Waals surface area contributed by atoms with Gasteiger partial charge in [0.15, 0.2) is 5.67 Å². The molecule has 2 atom stereocenters. The molecule has 2 aromatic rings. The summed E-state index contributed by atoms with van der Waals surface area (Å²) >= 11 is 0. The number of anilines is 1. The zero-order valence-corrected chi connectivity index (χ0v) is 16.8. The van der Waals surface area contributed by atoms with E-state index in [2.05, 4.69) is 10.3 Å². The van der Waals surface area contributed by atoms with Gasteiger partial charge in [0.25, 0.3) is 5.92 Å². The summed E-state index contributed by atoms with van der Waals surface area (Å²) in [5, 5.41) is 13.0. The van der Waals surface area contributed by atoms with Gasteiger partial charge in [-0.05, 0) is 57.7 Å². The second-order valence-electron chi connectivity index (χ2n) is 9.09. The molecule has 29 heavy (non-hydrogen) atoms. The maximum Gasteiger partial charge on any atom is 0.281 e. The molecular weight excluding hydrogens is 383 g/mol. The maximum absolute atomic E-state index is 14.2. The second kappa shape index (κ2) is 6.45. The van der Waals surface area contributed by atoms with Crippen molar-refractivity contribution in [1.82, 2.24) is 9.55 Å². The van der Waals surface area contributed by atoms with Crippen LogP contribution in [0.2, 0.25) is 0 Å². The number of aliphatic hydroxyl groups is 1. The lowest BCUT2D eigenvalue weighted by molar-refractivity contribution is -0.242. The van der Waals surface area contributed by atoms with Crippen LogP contribution in [0.5, 0.6) is 0 Å². The van der Waals surface area contributed by atoms with Crippen molar-refractivity contribution in [3.8, 4) is 0 Å². The van der Waals surface area contributed by atoms with Gasteiger partial charge in [0, 0.05) is 24.8 Å². The number of aromatic nitrogens is 2. The van der Waals surface area contributed by atoms with Gasteiger partial charge < -0.3 is 9.67 Å². The van der Waals surface area contributed by atoms with Crippen LogP contribution in [0.4, 0.5) is 19.1 Å². The van der Waals surface area contributed by atoms with E-state index in [4.69, 9.17) is 0 Å². The number of fused-ring (bicyclic) bond motifs is 1. The molecule has 0 bridgehead atoms. The fourth-order valence-electron chi connectivity index (χ4n) is 4.11. The van der Waals surface area contributed by atoms with Gasteiger partial charge in [0.05, 0.1) is 16.6 Å². The molecule has 2 aliphatic rings. The molecule has 2 saturated carbocycles. The number of benzene rings is 1. The molecule has 8 heteroatoms. The SMILES string of the molecule is CC(C)(O)c1ccc2nc(NC(=O)CC3CC(F)(F)C3(C)F)n(C3CCC3)c2c1. The van der Waals surface area contributed by atoms with Crippen LogP contribution in [0.25, 0.3) is 11.0 Å². The van der Waals surface area contributed by atoms with Crippen LogP contribution in [0.15, 0.2) is 18.2 Å². The van der Waals surface area contributed by atoms with Gasteiger partial charge in [-0.25, -0.2) is 18.2 Å². The smallest absolute Gasteiger partial charge is 0.281 e. The molecule has 0 saturated heterocycles. The first kappa shape index (κ1) is 20.2. The number of nitrogens with zero attached hydrogens (tertiary/aromatic N) is 2. The molecule has 2 fully saturated rings. The van der Waals surface area contributed by atoms with E-state index in [1.54, 1.807) is 26.0 Å². The molecule has 0 aliphatic heterocycles. The number of rotatable bonds is 5. The van der Waals surface area contributed by atoms with Crippen LogP contribution in [0, 0.1) is 5.92 Å². The van der Waals surface area contributed by atoms with Gasteiger partial charge in [-0.3, -0.25) is 10.1 Å². The third kappa shape index (κ3) is 3.31. The third-order valence-corrected chi connectivity index (χ3v) is 6.50. The molecule has 2 N–H and O–H groups in total. The van der Waals surface area contributed by atoms with Gasteiger partial charge in [0.1, 0.15) is 0 Å². The lowest BCUT2D eigenvalue weighted by Crippen LogP contribution is -2.60. The van der Waals surface area contributed by atoms with Crippen LogP contribution >= 0.6 is 0 Å². The van der Waals surface area contributed by atoms with Crippen molar-refractivity contribution >= 4 is 22.9 Å². The van der Waals surface area contributed by atoms with Crippen LogP contribution in [-0.4, -0.2) is 32.2 Å². The van der Waals surface area contributed by atoms with Gasteiger partial charge in [-0.15, -0.1) is 0 Å². The summed E-state index contributed by atoms with van der Waals surface area (Å²) in [5.74, 6) is -4.58. The topological polar surface area (TPSA) is 67.2 Å². The average Bonchev–Trinajstić information content (AvgIpc) is 2.89. The summed E-state index contributed by atoms with van der Waals surface area (Å²) in [6, 6.07) is 5.61. The van der Waals surface area contributed by atoms with E-state index in [0.717, 1.165) is 37.3 Å². The fourth-order valence-corrected chi connectivity index (χ4v) is 4.11. The standard InChI is InChI=1S/C21H26F3N3O2/c1-19(2,29)12-7-8-15-16(9-12)27(14-5-4-6-14)18(25-15)26-17(28)10-13-11-21(23,24)20(13,3)22/h7-9,13-14,29H,4-6,10-11H2,1-3H3,(H,25,26,28). The highest BCUT2D eigenvalue weighted by molar-refractivity contribution is 5.92. The average molecular weight is 409 g/mol. The highest BCUT2D eigenvalue weighted by Crippen LogP contribution is 2.55. The van der Waals surface area contributed by atoms with E-state index in [0.29, 0.717) is 11.5 Å². The maximum atomic E-state index is 14.2. The predicted octanol–water partition coefficient (Wildman–Crippen LogP) is 4.70. The van der Waals surface area contributed by atoms with E-state index in [-0.39, 0.29) is 12.5 Å². The Labute approximate surface area is 167 Å². The highest BCUT2D eigenvalue weighted by atomic mass is 19.3. The second-order valence-corrected chi connectivity index (χ2v) is 9.09. The van der Waals surface area contributed by atoms with Crippen LogP contribution < -0.4 is 5.32 Å². The van der Waals surface area contributed by atoms with E-state index in [1.165, 1.54) is 0 Å². The lowest BCUT2D eigenvalue weighted by atomic mass is 9.67. The minimum absolute atomic E-state index is 0.173. The van der Waals surface area contributed by atoms with Crippen molar-refractivity contribution in [2.75, 3.05) is 5.32 Å².